The number of sulfone groups is 1. The van der Waals surface area contributed by atoms with Crippen molar-refractivity contribution in [3.63, 3.8) is 0 Å². The topological polar surface area (TPSA) is 113 Å². The molecule has 0 aliphatic carbocycles. The molecule has 1 heterocycles. The molecule has 3 rings (SSSR count). The molecule has 0 saturated heterocycles. The molecular formula is C25H27FN2O4S. The Labute approximate surface area is 194 Å². The minimum Gasteiger partial charge on any atom is -0.493 e. The van der Waals surface area contributed by atoms with Gasteiger partial charge in [-0.2, -0.15) is 5.26 Å². The van der Waals surface area contributed by atoms with Crippen molar-refractivity contribution in [2.75, 3.05) is 25.3 Å². The summed E-state index contributed by atoms with van der Waals surface area (Å²) in [5.41, 5.74) is 6.21. The van der Waals surface area contributed by atoms with Crippen LogP contribution in [0.5, 0.6) is 5.75 Å². The summed E-state index contributed by atoms with van der Waals surface area (Å²) in [5.74, 6) is 6.29. The molecule has 2 unspecified atom stereocenters. The second kappa shape index (κ2) is 9.05. The van der Waals surface area contributed by atoms with Gasteiger partial charge >= 0.3 is 0 Å². The zero-order valence-electron chi connectivity index (χ0n) is 18.9. The second-order valence-corrected chi connectivity index (χ2v) is 11.0. The van der Waals surface area contributed by atoms with Crippen LogP contribution in [0.2, 0.25) is 0 Å². The molecule has 1 aliphatic heterocycles. The van der Waals surface area contributed by atoms with E-state index in [4.69, 9.17) is 15.7 Å². The minimum atomic E-state index is -3.44. The fraction of sp³-hybridized carbons (Fsp3) is 0.400. The van der Waals surface area contributed by atoms with Crippen molar-refractivity contribution in [2.45, 2.75) is 49.0 Å². The van der Waals surface area contributed by atoms with Crippen LogP contribution < -0.4 is 10.5 Å². The van der Waals surface area contributed by atoms with Gasteiger partial charge in [0.15, 0.2) is 9.84 Å². The summed E-state index contributed by atoms with van der Waals surface area (Å²) in [6, 6.07) is 9.86. The van der Waals surface area contributed by atoms with Crippen molar-refractivity contribution in [3.8, 4) is 23.7 Å². The first kappa shape index (κ1) is 24.6. The summed E-state index contributed by atoms with van der Waals surface area (Å²) >= 11 is 0. The Morgan fingerprint density at radius 1 is 1.33 bits per heavy atom. The molecule has 0 saturated carbocycles. The average molecular weight is 471 g/mol. The number of aryl methyl sites for hydroxylation is 1. The number of benzene rings is 2. The van der Waals surface area contributed by atoms with Gasteiger partial charge in [0.1, 0.15) is 18.0 Å². The van der Waals surface area contributed by atoms with Gasteiger partial charge in [0.25, 0.3) is 0 Å². The Morgan fingerprint density at radius 2 is 2.06 bits per heavy atom. The zero-order valence-corrected chi connectivity index (χ0v) is 19.7. The van der Waals surface area contributed by atoms with E-state index >= 15 is 0 Å². The first-order valence-corrected chi connectivity index (χ1v) is 12.3. The molecule has 0 spiro atoms. The zero-order chi connectivity index (χ0) is 24.4. The van der Waals surface area contributed by atoms with Gasteiger partial charge in [-0.3, -0.25) is 0 Å². The minimum absolute atomic E-state index is 0.0383. The van der Waals surface area contributed by atoms with Crippen molar-refractivity contribution in [1.82, 2.24) is 0 Å². The highest BCUT2D eigenvalue weighted by Crippen LogP contribution is 2.45. The van der Waals surface area contributed by atoms with Gasteiger partial charge < -0.3 is 15.6 Å². The monoisotopic (exact) mass is 470 g/mol. The molecule has 0 amide bonds. The maximum atomic E-state index is 14.1. The lowest BCUT2D eigenvalue weighted by Crippen LogP contribution is -2.42. The van der Waals surface area contributed by atoms with Crippen LogP contribution in [0.4, 0.5) is 10.1 Å². The lowest BCUT2D eigenvalue weighted by Gasteiger charge is -2.40. The number of alkyl halides is 1. The Balaban J connectivity index is 1.90. The van der Waals surface area contributed by atoms with E-state index in [-0.39, 0.29) is 17.7 Å². The third-order valence-electron chi connectivity index (χ3n) is 6.03. The molecule has 6 nitrogen and oxygen atoms in total. The lowest BCUT2D eigenvalue weighted by molar-refractivity contribution is -0.0126. The first-order valence-electron chi connectivity index (χ1n) is 10.5. The summed E-state index contributed by atoms with van der Waals surface area (Å²) in [4.78, 5) is 0.147. The quantitative estimate of drug-likeness (QED) is 0.511. The summed E-state index contributed by atoms with van der Waals surface area (Å²) in [6.45, 7) is 3.01. The van der Waals surface area contributed by atoms with Crippen LogP contribution in [0.3, 0.4) is 0 Å². The van der Waals surface area contributed by atoms with Crippen molar-refractivity contribution >= 4 is 15.5 Å². The van der Waals surface area contributed by atoms with Crippen LogP contribution in [-0.2, 0) is 15.3 Å². The predicted octanol–water partition coefficient (Wildman–Crippen LogP) is 3.43. The summed E-state index contributed by atoms with van der Waals surface area (Å²) in [6.07, 6.45) is 1.52. The van der Waals surface area contributed by atoms with Gasteiger partial charge in [-0.1, -0.05) is 18.8 Å². The highest BCUT2D eigenvalue weighted by atomic mass is 32.2. The van der Waals surface area contributed by atoms with Gasteiger partial charge in [0.05, 0.1) is 28.7 Å². The molecule has 2 atom stereocenters. The van der Waals surface area contributed by atoms with Gasteiger partial charge in [-0.05, 0) is 55.7 Å². The highest BCUT2D eigenvalue weighted by Gasteiger charge is 2.41. The van der Waals surface area contributed by atoms with E-state index in [2.05, 4.69) is 11.8 Å². The van der Waals surface area contributed by atoms with E-state index in [1.54, 1.807) is 25.1 Å². The first-order chi connectivity index (χ1) is 15.4. The van der Waals surface area contributed by atoms with Gasteiger partial charge in [-0.15, -0.1) is 0 Å². The smallest absolute Gasteiger partial charge is 0.175 e. The van der Waals surface area contributed by atoms with Gasteiger partial charge in [0.2, 0.25) is 0 Å². The van der Waals surface area contributed by atoms with Gasteiger partial charge in [0, 0.05) is 29.3 Å². The Kier molecular flexibility index (Phi) is 6.74. The summed E-state index contributed by atoms with van der Waals surface area (Å²) in [5, 5.41) is 20.1. The molecule has 8 heteroatoms. The van der Waals surface area contributed by atoms with E-state index in [9.17, 15) is 17.9 Å². The fourth-order valence-corrected chi connectivity index (χ4v) is 4.92. The van der Waals surface area contributed by atoms with E-state index in [0.717, 1.165) is 11.8 Å². The largest absolute Gasteiger partial charge is 0.493 e. The molecule has 3 N–H and O–H groups in total. The number of aliphatic hydroxyl groups is 1. The van der Waals surface area contributed by atoms with Crippen LogP contribution in [-0.4, -0.2) is 38.7 Å². The number of nitrogens with zero attached hydrogens (tertiary/aromatic N) is 1. The summed E-state index contributed by atoms with van der Waals surface area (Å²) < 4.78 is 43.9. The number of hydrogen-bond donors (Lipinski definition) is 2. The summed E-state index contributed by atoms with van der Waals surface area (Å²) in [7, 11) is -3.44. The molecule has 0 aromatic heterocycles. The number of halogens is 1. The molecule has 2 aromatic rings. The normalized spacial score (nSPS) is 19.3. The predicted molar refractivity (Wildman–Crippen MR) is 124 cm³/mol. The third-order valence-corrected chi connectivity index (χ3v) is 7.14. The van der Waals surface area contributed by atoms with E-state index in [1.807, 2.05) is 13.0 Å². The number of hydrogen-bond acceptors (Lipinski definition) is 6. The van der Waals surface area contributed by atoms with Crippen molar-refractivity contribution in [2.24, 2.45) is 0 Å². The number of rotatable bonds is 5. The van der Waals surface area contributed by atoms with Crippen molar-refractivity contribution in [3.05, 3.63) is 52.6 Å². The number of anilines is 1. The molecule has 0 bridgehead atoms. The second-order valence-electron chi connectivity index (χ2n) is 8.97. The van der Waals surface area contributed by atoms with Gasteiger partial charge in [-0.25, -0.2) is 12.8 Å². The molecule has 0 radical (unpaired) electrons. The average Bonchev–Trinajstić information content (AvgIpc) is 2.74. The molecule has 33 heavy (non-hydrogen) atoms. The van der Waals surface area contributed by atoms with Crippen molar-refractivity contribution < 1.29 is 22.7 Å². The molecule has 174 valence electrons. The van der Waals surface area contributed by atoms with Crippen LogP contribution in [0.1, 0.15) is 48.4 Å². The Hall–Kier alpha value is -3.07. The molecular weight excluding hydrogens is 443 g/mol. The van der Waals surface area contributed by atoms with Crippen LogP contribution in [0.15, 0.2) is 35.2 Å². The van der Waals surface area contributed by atoms with Crippen LogP contribution in [0.25, 0.3) is 0 Å². The Bertz CT molecular complexity index is 1270. The maximum Gasteiger partial charge on any atom is 0.175 e. The van der Waals surface area contributed by atoms with E-state index in [0.29, 0.717) is 41.2 Å². The number of nitrogens with two attached hydrogens (primary N) is 1. The molecule has 0 fully saturated rings. The maximum absolute atomic E-state index is 14.1. The van der Waals surface area contributed by atoms with Crippen LogP contribution in [0, 0.1) is 30.1 Å². The lowest BCUT2D eigenvalue weighted by atomic mass is 9.70. The number of fused-ring (bicyclic) bond motifs is 1. The fourth-order valence-electron chi connectivity index (χ4n) is 4.27. The van der Waals surface area contributed by atoms with E-state index in [1.165, 1.54) is 12.1 Å². The van der Waals surface area contributed by atoms with E-state index < -0.39 is 27.5 Å². The van der Waals surface area contributed by atoms with Crippen LogP contribution >= 0.6 is 0 Å². The Morgan fingerprint density at radius 3 is 2.67 bits per heavy atom. The molecule has 1 aliphatic rings. The number of nitriles is 1. The highest BCUT2D eigenvalue weighted by molar-refractivity contribution is 7.90. The third kappa shape index (κ3) is 5.30. The van der Waals surface area contributed by atoms with Crippen molar-refractivity contribution in [1.29, 1.82) is 5.26 Å². The number of nitrogen functional groups attached to an aromatic ring is 1. The SMILES string of the molecule is Cc1cc(C#N)cc(N)c1C#CCC(O)(CF)CC1(C)CCOc2ccc(S(C)(=O)=O)cc21. The molecule has 2 aromatic carbocycles. The number of ether oxygens (including phenoxy) is 1. The standard InChI is InChI=1S/C25H27FN2O4S/c1-17-11-18(14-27)12-22(28)20(17)5-4-8-25(29,16-26)15-24(2)9-10-32-23-7-6-19(13-21(23)24)33(3,30)31/h6-7,11-13,29H,8-10,15-16,28H2,1-3H3.